The van der Waals surface area contributed by atoms with Crippen LogP contribution in [0.5, 0.6) is 0 Å². The predicted octanol–water partition coefficient (Wildman–Crippen LogP) is 0.919. The Morgan fingerprint density at radius 2 is 1.71 bits per heavy atom. The molecule has 1 amide bonds. The molecule has 0 saturated heterocycles. The van der Waals surface area contributed by atoms with Crippen LogP contribution in [0.15, 0.2) is 0 Å². The number of carbonyl (C=O) groups excluding carboxylic acids is 1. The maximum atomic E-state index is 11.3. The molecule has 4 nitrogen and oxygen atoms in total. The Kier molecular flexibility index (Phi) is 4.59. The van der Waals surface area contributed by atoms with Crippen molar-refractivity contribution in [3.8, 4) is 0 Å². The highest BCUT2D eigenvalue weighted by Crippen LogP contribution is 2.28. The summed E-state index contributed by atoms with van der Waals surface area (Å²) in [6.45, 7) is 1.36. The van der Waals surface area contributed by atoms with Crippen molar-refractivity contribution >= 4 is 23.2 Å². The lowest BCUT2D eigenvalue weighted by atomic mass is 10.3. The van der Waals surface area contributed by atoms with Gasteiger partial charge in [-0.05, 0) is 37.9 Å². The van der Waals surface area contributed by atoms with Crippen LogP contribution in [0.25, 0.3) is 0 Å². The van der Waals surface area contributed by atoms with Crippen LogP contribution in [0.3, 0.4) is 0 Å². The van der Waals surface area contributed by atoms with Gasteiger partial charge in [0.05, 0.1) is 0 Å². The Morgan fingerprint density at radius 1 is 1.06 bits per heavy atom. The van der Waals surface area contributed by atoms with Gasteiger partial charge in [-0.2, -0.15) is 0 Å². The SMILES string of the molecule is O=C(NCCNC(=S)NC1CCCC1)C1CC1. The third kappa shape index (κ3) is 4.50. The van der Waals surface area contributed by atoms with Crippen molar-refractivity contribution in [2.45, 2.75) is 44.6 Å². The van der Waals surface area contributed by atoms with Gasteiger partial charge in [-0.25, -0.2) is 0 Å². The number of carbonyl (C=O) groups is 1. The lowest BCUT2D eigenvalue weighted by molar-refractivity contribution is -0.122. The van der Waals surface area contributed by atoms with Crippen LogP contribution in [0.4, 0.5) is 0 Å². The summed E-state index contributed by atoms with van der Waals surface area (Å²) >= 11 is 5.20. The van der Waals surface area contributed by atoms with Crippen LogP contribution in [0.1, 0.15) is 38.5 Å². The molecule has 2 rings (SSSR count). The molecule has 2 fully saturated rings. The van der Waals surface area contributed by atoms with Crippen LogP contribution in [0, 0.1) is 5.92 Å². The minimum atomic E-state index is 0.196. The van der Waals surface area contributed by atoms with Gasteiger partial charge in [0.15, 0.2) is 5.11 Å². The first-order valence-electron chi connectivity index (χ1n) is 6.58. The highest BCUT2D eigenvalue weighted by atomic mass is 32.1. The predicted molar refractivity (Wildman–Crippen MR) is 71.7 cm³/mol. The molecule has 0 aromatic rings. The van der Waals surface area contributed by atoms with Crippen molar-refractivity contribution in [2.24, 2.45) is 5.92 Å². The molecule has 0 spiro atoms. The van der Waals surface area contributed by atoms with Gasteiger partial charge in [-0.1, -0.05) is 12.8 Å². The standard InChI is InChI=1S/C12H21N3OS/c16-11(9-5-6-9)13-7-8-14-12(17)15-10-3-1-2-4-10/h9-10H,1-8H2,(H,13,16)(H2,14,15,17). The van der Waals surface area contributed by atoms with Gasteiger partial charge in [-0.15, -0.1) is 0 Å². The molecule has 2 aliphatic carbocycles. The van der Waals surface area contributed by atoms with Crippen molar-refractivity contribution in [3.05, 3.63) is 0 Å². The molecule has 0 atom stereocenters. The van der Waals surface area contributed by atoms with E-state index in [1.807, 2.05) is 0 Å². The van der Waals surface area contributed by atoms with E-state index in [-0.39, 0.29) is 5.91 Å². The number of hydrogen-bond acceptors (Lipinski definition) is 2. The van der Waals surface area contributed by atoms with E-state index >= 15 is 0 Å². The van der Waals surface area contributed by atoms with Crippen molar-refractivity contribution in [1.29, 1.82) is 0 Å². The maximum Gasteiger partial charge on any atom is 0.223 e. The summed E-state index contributed by atoms with van der Waals surface area (Å²) in [4.78, 5) is 11.3. The van der Waals surface area contributed by atoms with Crippen LogP contribution in [0.2, 0.25) is 0 Å². The fourth-order valence-corrected chi connectivity index (χ4v) is 2.43. The fourth-order valence-electron chi connectivity index (χ4n) is 2.16. The minimum Gasteiger partial charge on any atom is -0.361 e. The quantitative estimate of drug-likeness (QED) is 0.505. The highest BCUT2D eigenvalue weighted by molar-refractivity contribution is 7.80. The minimum absolute atomic E-state index is 0.196. The topological polar surface area (TPSA) is 53.2 Å². The second kappa shape index (κ2) is 6.19. The average Bonchev–Trinajstić information content (AvgIpc) is 3.04. The van der Waals surface area contributed by atoms with Crippen molar-refractivity contribution in [3.63, 3.8) is 0 Å². The van der Waals surface area contributed by atoms with Gasteiger partial charge in [0.1, 0.15) is 0 Å². The Morgan fingerprint density at radius 3 is 2.35 bits per heavy atom. The van der Waals surface area contributed by atoms with E-state index in [9.17, 15) is 4.79 Å². The van der Waals surface area contributed by atoms with E-state index in [4.69, 9.17) is 12.2 Å². The third-order valence-corrected chi connectivity index (χ3v) is 3.61. The number of thiocarbonyl (C=S) groups is 1. The van der Waals surface area contributed by atoms with Gasteiger partial charge in [0, 0.05) is 25.0 Å². The Labute approximate surface area is 108 Å². The summed E-state index contributed by atoms with van der Waals surface area (Å²) in [6.07, 6.45) is 7.16. The molecule has 0 radical (unpaired) electrons. The lowest BCUT2D eigenvalue weighted by Gasteiger charge is -2.15. The van der Waals surface area contributed by atoms with Gasteiger partial charge in [0.2, 0.25) is 5.91 Å². The van der Waals surface area contributed by atoms with Gasteiger partial charge in [-0.3, -0.25) is 4.79 Å². The molecule has 0 aliphatic heterocycles. The van der Waals surface area contributed by atoms with Gasteiger partial charge >= 0.3 is 0 Å². The first-order valence-corrected chi connectivity index (χ1v) is 6.98. The first kappa shape index (κ1) is 12.6. The number of hydrogen-bond donors (Lipinski definition) is 3. The summed E-state index contributed by atoms with van der Waals surface area (Å²) in [6, 6.07) is 0.552. The zero-order valence-corrected chi connectivity index (χ0v) is 10.9. The lowest BCUT2D eigenvalue weighted by Crippen LogP contribution is -2.43. The van der Waals surface area contributed by atoms with Crippen molar-refractivity contribution in [1.82, 2.24) is 16.0 Å². The number of rotatable bonds is 5. The number of amides is 1. The maximum absolute atomic E-state index is 11.3. The van der Waals surface area contributed by atoms with E-state index in [1.165, 1.54) is 25.7 Å². The summed E-state index contributed by atoms with van der Waals surface area (Å²) < 4.78 is 0. The van der Waals surface area contributed by atoms with E-state index < -0.39 is 0 Å². The molecule has 5 heteroatoms. The van der Waals surface area contributed by atoms with E-state index in [1.54, 1.807) is 0 Å². The summed E-state index contributed by atoms with van der Waals surface area (Å²) in [5.74, 6) is 0.486. The van der Waals surface area contributed by atoms with E-state index in [2.05, 4.69) is 16.0 Å². The zero-order valence-electron chi connectivity index (χ0n) is 10.1. The fraction of sp³-hybridized carbons (Fsp3) is 0.833. The first-order chi connectivity index (χ1) is 8.25. The highest BCUT2D eigenvalue weighted by Gasteiger charge is 2.28. The van der Waals surface area contributed by atoms with Crippen molar-refractivity contribution in [2.75, 3.05) is 13.1 Å². The van der Waals surface area contributed by atoms with Crippen LogP contribution in [-0.4, -0.2) is 30.2 Å². The molecule has 96 valence electrons. The van der Waals surface area contributed by atoms with Crippen LogP contribution < -0.4 is 16.0 Å². The molecular weight excluding hydrogens is 234 g/mol. The van der Waals surface area contributed by atoms with E-state index in [0.29, 0.717) is 25.0 Å². The molecule has 0 aromatic carbocycles. The number of nitrogens with one attached hydrogen (secondary N) is 3. The van der Waals surface area contributed by atoms with Crippen molar-refractivity contribution < 1.29 is 4.79 Å². The van der Waals surface area contributed by atoms with Gasteiger partial charge in [0.25, 0.3) is 0 Å². The molecule has 0 unspecified atom stereocenters. The second-order valence-electron chi connectivity index (χ2n) is 4.95. The molecular formula is C12H21N3OS. The van der Waals surface area contributed by atoms with Crippen LogP contribution >= 0.6 is 12.2 Å². The summed E-state index contributed by atoms with van der Waals surface area (Å²) in [5, 5.41) is 10.1. The molecule has 17 heavy (non-hydrogen) atoms. The van der Waals surface area contributed by atoms with E-state index in [0.717, 1.165) is 18.0 Å². The third-order valence-electron chi connectivity index (χ3n) is 3.35. The monoisotopic (exact) mass is 255 g/mol. The normalized spacial score (nSPS) is 20.0. The average molecular weight is 255 g/mol. The van der Waals surface area contributed by atoms with Gasteiger partial charge < -0.3 is 16.0 Å². The summed E-state index contributed by atoms with van der Waals surface area (Å²) in [5.41, 5.74) is 0. The Hall–Kier alpha value is -0.840. The smallest absolute Gasteiger partial charge is 0.223 e. The molecule has 0 aromatic heterocycles. The zero-order chi connectivity index (χ0) is 12.1. The Balaban J connectivity index is 1.48. The van der Waals surface area contributed by atoms with Crippen LogP contribution in [-0.2, 0) is 4.79 Å². The Bertz CT molecular complexity index is 285. The molecule has 0 heterocycles. The molecule has 2 saturated carbocycles. The molecule has 2 aliphatic rings. The molecule has 0 bridgehead atoms. The second-order valence-corrected chi connectivity index (χ2v) is 5.36. The largest absolute Gasteiger partial charge is 0.361 e. The summed E-state index contributed by atoms with van der Waals surface area (Å²) in [7, 11) is 0. The molecule has 3 N–H and O–H groups in total.